The van der Waals surface area contributed by atoms with Crippen molar-refractivity contribution in [2.24, 2.45) is 11.0 Å². The highest BCUT2D eigenvalue weighted by molar-refractivity contribution is 6.48. The first kappa shape index (κ1) is 22.0. The Balaban J connectivity index is 1.35. The lowest BCUT2D eigenvalue weighted by molar-refractivity contribution is -0.171. The number of carbonyl (C=O) groups is 1. The van der Waals surface area contributed by atoms with E-state index in [1.165, 1.54) is 5.56 Å². The van der Waals surface area contributed by atoms with Crippen molar-refractivity contribution in [2.45, 2.75) is 44.9 Å². The molecule has 1 N–H and O–H groups in total. The summed E-state index contributed by atoms with van der Waals surface area (Å²) in [6, 6.07) is 10.1. The molecule has 0 saturated carbocycles. The fourth-order valence-electron chi connectivity index (χ4n) is 4.80. The molecule has 3 heterocycles. The lowest BCUT2D eigenvalue weighted by Gasteiger charge is -2.48. The second kappa shape index (κ2) is 7.63. The number of fused-ring (bicyclic) bond motifs is 2. The van der Waals surface area contributed by atoms with Crippen molar-refractivity contribution in [1.82, 2.24) is 10.3 Å². The molecule has 0 aromatic heterocycles. The fraction of sp³-hybridized carbons (Fsp3) is 0.417. The minimum Gasteiger partial charge on any atom is -0.362 e. The van der Waals surface area contributed by atoms with Crippen LogP contribution in [0.5, 0.6) is 0 Å². The Hall–Kier alpha value is -1.79. The van der Waals surface area contributed by atoms with Crippen molar-refractivity contribution >= 4 is 46.4 Å². The highest BCUT2D eigenvalue weighted by Gasteiger charge is 2.52. The van der Waals surface area contributed by atoms with Crippen molar-refractivity contribution in [1.29, 1.82) is 0 Å². The van der Waals surface area contributed by atoms with E-state index >= 15 is 0 Å². The summed E-state index contributed by atoms with van der Waals surface area (Å²) >= 11 is 18.6. The van der Waals surface area contributed by atoms with Crippen LogP contribution in [0.3, 0.4) is 0 Å². The van der Waals surface area contributed by atoms with Gasteiger partial charge in [-0.15, -0.1) is 0 Å². The summed E-state index contributed by atoms with van der Waals surface area (Å²) in [5.74, 6) is 0.181. The van der Waals surface area contributed by atoms with E-state index in [1.807, 2.05) is 30.9 Å². The number of ether oxygens (including phenoxy) is 1. The van der Waals surface area contributed by atoms with E-state index in [0.717, 1.165) is 22.4 Å². The second-order valence-electron chi connectivity index (χ2n) is 9.44. The highest BCUT2D eigenvalue weighted by Crippen LogP contribution is 2.45. The van der Waals surface area contributed by atoms with E-state index in [9.17, 15) is 4.79 Å². The zero-order chi connectivity index (χ0) is 22.8. The Bertz CT molecular complexity index is 1130. The minimum atomic E-state index is -0.435. The molecule has 2 aromatic rings. The van der Waals surface area contributed by atoms with Crippen molar-refractivity contribution in [3.8, 4) is 0 Å². The Morgan fingerprint density at radius 1 is 1.16 bits per heavy atom. The smallest absolute Gasteiger partial charge is 0.225 e. The highest BCUT2D eigenvalue weighted by atomic mass is 35.5. The average molecular weight is 493 g/mol. The van der Waals surface area contributed by atoms with Gasteiger partial charge in [-0.2, -0.15) is 5.10 Å². The van der Waals surface area contributed by atoms with Crippen LogP contribution in [0.4, 0.5) is 0 Å². The maximum absolute atomic E-state index is 12.3. The summed E-state index contributed by atoms with van der Waals surface area (Å²) < 4.78 is 6.18. The molecule has 8 heteroatoms. The number of benzene rings is 2. The number of hydrogen-bond acceptors (Lipinski definition) is 4. The normalized spacial score (nSPS) is 23.2. The summed E-state index contributed by atoms with van der Waals surface area (Å²) in [5, 5.41) is 5.83. The van der Waals surface area contributed by atoms with E-state index in [0.29, 0.717) is 41.2 Å². The van der Waals surface area contributed by atoms with Gasteiger partial charge < -0.3 is 9.64 Å². The zero-order valence-electron chi connectivity index (χ0n) is 18.1. The number of rotatable bonds is 3. The van der Waals surface area contributed by atoms with Gasteiger partial charge in [0.05, 0.1) is 46.0 Å². The molecule has 1 fully saturated rings. The van der Waals surface area contributed by atoms with Crippen LogP contribution in [0.15, 0.2) is 35.4 Å². The predicted molar refractivity (Wildman–Crippen MR) is 127 cm³/mol. The third-order valence-corrected chi connectivity index (χ3v) is 7.91. The first-order valence-corrected chi connectivity index (χ1v) is 11.8. The van der Waals surface area contributed by atoms with E-state index in [1.54, 1.807) is 0 Å². The summed E-state index contributed by atoms with van der Waals surface area (Å²) in [6.07, 6.45) is 0.683. The van der Waals surface area contributed by atoms with Gasteiger partial charge in [0.15, 0.2) is 0 Å². The van der Waals surface area contributed by atoms with Crippen LogP contribution in [-0.2, 0) is 27.3 Å². The third kappa shape index (κ3) is 3.41. The molecule has 2 aromatic carbocycles. The van der Waals surface area contributed by atoms with Gasteiger partial charge in [0.2, 0.25) is 5.91 Å². The number of nitrogens with one attached hydrogen (secondary N) is 1. The van der Waals surface area contributed by atoms with Gasteiger partial charge in [-0.05, 0) is 47.4 Å². The van der Waals surface area contributed by atoms with Gasteiger partial charge >= 0.3 is 0 Å². The zero-order valence-corrected chi connectivity index (χ0v) is 20.4. The molecule has 0 radical (unpaired) electrons. The molecule has 5 nitrogen and oxygen atoms in total. The number of hydrazone groups is 1. The van der Waals surface area contributed by atoms with Crippen molar-refractivity contribution in [3.63, 3.8) is 0 Å². The maximum Gasteiger partial charge on any atom is 0.225 e. The summed E-state index contributed by atoms with van der Waals surface area (Å²) in [4.78, 5) is 14.1. The first-order valence-electron chi connectivity index (χ1n) is 10.7. The summed E-state index contributed by atoms with van der Waals surface area (Å²) in [6.45, 7) is 7.72. The molecular formula is C24H24Cl3N3O2. The van der Waals surface area contributed by atoms with Crippen LogP contribution in [0.2, 0.25) is 15.1 Å². The monoisotopic (exact) mass is 491 g/mol. The number of halogens is 3. The van der Waals surface area contributed by atoms with E-state index in [4.69, 9.17) is 39.5 Å². The first-order chi connectivity index (χ1) is 15.1. The Labute approximate surface area is 202 Å². The van der Waals surface area contributed by atoms with Crippen LogP contribution in [0.1, 0.15) is 49.4 Å². The summed E-state index contributed by atoms with van der Waals surface area (Å²) in [5.41, 5.74) is 7.76. The van der Waals surface area contributed by atoms with Crippen molar-refractivity contribution < 1.29 is 9.53 Å². The Morgan fingerprint density at radius 2 is 1.84 bits per heavy atom. The molecule has 1 saturated heterocycles. The van der Waals surface area contributed by atoms with Gasteiger partial charge in [-0.25, -0.2) is 0 Å². The third-order valence-electron chi connectivity index (χ3n) is 6.71. The SMILES string of the molecule is CC(C)C(=O)N1CC2(C1)OCc1cc(C3=NNC(C)(c4cc(Cl)c(Cl)c(Cl)c4)C3)ccc12. The van der Waals surface area contributed by atoms with E-state index in [-0.39, 0.29) is 17.4 Å². The van der Waals surface area contributed by atoms with Crippen LogP contribution in [0, 0.1) is 5.92 Å². The molecule has 3 aliphatic heterocycles. The largest absolute Gasteiger partial charge is 0.362 e. The second-order valence-corrected chi connectivity index (χ2v) is 10.6. The van der Waals surface area contributed by atoms with Gasteiger partial charge in [0.25, 0.3) is 0 Å². The maximum atomic E-state index is 12.3. The number of amides is 1. The molecule has 1 unspecified atom stereocenters. The molecule has 1 atom stereocenters. The van der Waals surface area contributed by atoms with Crippen LogP contribution < -0.4 is 5.43 Å². The Kier molecular flexibility index (Phi) is 5.25. The molecular weight excluding hydrogens is 469 g/mol. The van der Waals surface area contributed by atoms with Gasteiger partial charge in [-0.3, -0.25) is 10.2 Å². The van der Waals surface area contributed by atoms with Crippen LogP contribution in [-0.4, -0.2) is 29.6 Å². The molecule has 168 valence electrons. The Morgan fingerprint density at radius 3 is 2.50 bits per heavy atom. The van der Waals surface area contributed by atoms with E-state index in [2.05, 4.69) is 35.7 Å². The molecule has 1 amide bonds. The molecule has 32 heavy (non-hydrogen) atoms. The number of carbonyl (C=O) groups excluding carboxylic acids is 1. The number of hydrogen-bond donors (Lipinski definition) is 1. The lowest BCUT2D eigenvalue weighted by Crippen LogP contribution is -2.61. The summed E-state index contributed by atoms with van der Waals surface area (Å²) in [7, 11) is 0. The molecule has 5 rings (SSSR count). The van der Waals surface area contributed by atoms with Gasteiger partial charge in [-0.1, -0.05) is 60.8 Å². The van der Waals surface area contributed by atoms with Gasteiger partial charge in [0, 0.05) is 12.3 Å². The molecule has 0 aliphatic carbocycles. The number of likely N-dealkylation sites (tertiary alicyclic amines) is 1. The lowest BCUT2D eigenvalue weighted by atomic mass is 9.82. The molecule has 3 aliphatic rings. The minimum absolute atomic E-state index is 0.00295. The topological polar surface area (TPSA) is 53.9 Å². The van der Waals surface area contributed by atoms with Crippen LogP contribution >= 0.6 is 34.8 Å². The van der Waals surface area contributed by atoms with Crippen LogP contribution in [0.25, 0.3) is 0 Å². The van der Waals surface area contributed by atoms with E-state index < -0.39 is 5.54 Å². The van der Waals surface area contributed by atoms with Crippen molar-refractivity contribution in [3.05, 3.63) is 67.7 Å². The quantitative estimate of drug-likeness (QED) is 0.577. The molecule has 0 bridgehead atoms. The van der Waals surface area contributed by atoms with Crippen molar-refractivity contribution in [2.75, 3.05) is 13.1 Å². The fourth-order valence-corrected chi connectivity index (χ4v) is 5.39. The van der Waals surface area contributed by atoms with Gasteiger partial charge in [0.1, 0.15) is 5.60 Å². The predicted octanol–water partition coefficient (Wildman–Crippen LogP) is 5.48. The number of nitrogens with zero attached hydrogens (tertiary/aromatic N) is 2. The standard InChI is InChI=1S/C24H24Cl3N3O2/c1-13(2)22(31)30-11-24(12-30)17-5-4-14(6-15(17)10-32-24)20-9-23(3,29-28-20)16-7-18(25)21(27)19(26)8-16/h4-8,13,29H,9-12H2,1-3H3. The molecule has 1 spiro atoms. The average Bonchev–Trinajstić information content (AvgIpc) is 3.31.